The van der Waals surface area contributed by atoms with Gasteiger partial charge in [-0.25, -0.2) is 4.39 Å². The Morgan fingerprint density at radius 2 is 1.95 bits per heavy atom. The third kappa shape index (κ3) is 4.31. The Morgan fingerprint density at radius 3 is 2.65 bits per heavy atom. The highest BCUT2D eigenvalue weighted by Gasteiger charge is 2.05. The minimum atomic E-state index is -0.276. The van der Waals surface area contributed by atoms with Crippen LogP contribution in [0.15, 0.2) is 42.7 Å². The van der Waals surface area contributed by atoms with Crippen LogP contribution in [0.2, 0.25) is 0 Å². The zero-order valence-electron chi connectivity index (χ0n) is 11.8. The first-order valence-corrected chi connectivity index (χ1v) is 6.72. The number of nitrogens with zero attached hydrogens (tertiary/aromatic N) is 1. The Labute approximate surface area is 118 Å². The predicted octanol–water partition coefficient (Wildman–Crippen LogP) is 3.76. The summed E-state index contributed by atoms with van der Waals surface area (Å²) in [7, 11) is 0. The molecule has 1 heterocycles. The smallest absolute Gasteiger partial charge is 0.150 e. The molecule has 0 spiro atoms. The molecule has 3 nitrogen and oxygen atoms in total. The molecule has 0 saturated carbocycles. The highest BCUT2D eigenvalue weighted by Crippen LogP contribution is 2.24. The molecule has 0 radical (unpaired) electrons. The second-order valence-corrected chi connectivity index (χ2v) is 5.06. The normalized spacial score (nSPS) is 10.8. The quantitative estimate of drug-likeness (QED) is 0.871. The third-order valence-corrected chi connectivity index (χ3v) is 2.78. The molecule has 4 heteroatoms. The molecule has 0 atom stereocenters. The van der Waals surface area contributed by atoms with E-state index in [0.717, 1.165) is 18.7 Å². The van der Waals surface area contributed by atoms with E-state index in [-0.39, 0.29) is 5.82 Å². The van der Waals surface area contributed by atoms with Gasteiger partial charge in [-0.15, -0.1) is 0 Å². The molecule has 20 heavy (non-hydrogen) atoms. The molecule has 0 fully saturated rings. The molecular weight excluding hydrogens is 255 g/mol. The Hall–Kier alpha value is -1.94. The average molecular weight is 274 g/mol. The van der Waals surface area contributed by atoms with Crippen molar-refractivity contribution in [1.29, 1.82) is 0 Å². The molecule has 2 rings (SSSR count). The van der Waals surface area contributed by atoms with E-state index < -0.39 is 0 Å². The monoisotopic (exact) mass is 274 g/mol. The highest BCUT2D eigenvalue weighted by molar-refractivity contribution is 5.35. The van der Waals surface area contributed by atoms with E-state index in [4.69, 9.17) is 4.74 Å². The van der Waals surface area contributed by atoms with Gasteiger partial charge in [0, 0.05) is 18.3 Å². The van der Waals surface area contributed by atoms with Gasteiger partial charge in [-0.05, 0) is 42.8 Å². The van der Waals surface area contributed by atoms with E-state index in [1.165, 1.54) is 12.1 Å². The summed E-state index contributed by atoms with van der Waals surface area (Å²) in [6.07, 6.45) is 3.42. The van der Waals surface area contributed by atoms with Crippen LogP contribution in [0, 0.1) is 11.7 Å². The molecule has 0 aliphatic rings. The van der Waals surface area contributed by atoms with E-state index >= 15 is 0 Å². The van der Waals surface area contributed by atoms with E-state index in [0.29, 0.717) is 17.4 Å². The molecule has 0 aliphatic heterocycles. The summed E-state index contributed by atoms with van der Waals surface area (Å²) in [4.78, 5) is 4.08. The van der Waals surface area contributed by atoms with Crippen LogP contribution in [0.5, 0.6) is 11.5 Å². The number of benzene rings is 1. The number of pyridine rings is 1. The molecule has 1 N–H and O–H groups in total. The largest absolute Gasteiger partial charge is 0.455 e. The third-order valence-electron chi connectivity index (χ3n) is 2.78. The SMILES string of the molecule is CC(C)CNCc1ccncc1Oc1ccc(F)cc1. The van der Waals surface area contributed by atoms with Crippen LogP contribution >= 0.6 is 0 Å². The Balaban J connectivity index is 2.05. The molecule has 0 aliphatic carbocycles. The maximum Gasteiger partial charge on any atom is 0.150 e. The van der Waals surface area contributed by atoms with Crippen molar-refractivity contribution < 1.29 is 9.13 Å². The number of halogens is 1. The molecule has 1 aromatic carbocycles. The van der Waals surface area contributed by atoms with Crippen LogP contribution in [-0.4, -0.2) is 11.5 Å². The van der Waals surface area contributed by atoms with E-state index in [9.17, 15) is 4.39 Å². The summed E-state index contributed by atoms with van der Waals surface area (Å²) in [6.45, 7) is 5.99. The number of aromatic nitrogens is 1. The van der Waals surface area contributed by atoms with Crippen LogP contribution in [-0.2, 0) is 6.54 Å². The molecule has 2 aromatic rings. The van der Waals surface area contributed by atoms with Crippen LogP contribution < -0.4 is 10.1 Å². The molecule has 1 aromatic heterocycles. The van der Waals surface area contributed by atoms with Gasteiger partial charge >= 0.3 is 0 Å². The number of rotatable bonds is 6. The summed E-state index contributed by atoms with van der Waals surface area (Å²) >= 11 is 0. The summed E-state index contributed by atoms with van der Waals surface area (Å²) in [5, 5.41) is 3.37. The molecular formula is C16H19FN2O. The van der Waals surface area contributed by atoms with Crippen molar-refractivity contribution in [3.8, 4) is 11.5 Å². The predicted molar refractivity (Wildman–Crippen MR) is 77.3 cm³/mol. The summed E-state index contributed by atoms with van der Waals surface area (Å²) in [5.74, 6) is 1.61. The first-order valence-electron chi connectivity index (χ1n) is 6.72. The lowest BCUT2D eigenvalue weighted by atomic mass is 10.2. The Kier molecular flexibility index (Phi) is 5.07. The summed E-state index contributed by atoms with van der Waals surface area (Å²) in [5.41, 5.74) is 1.03. The van der Waals surface area contributed by atoms with Crippen molar-refractivity contribution in [2.75, 3.05) is 6.54 Å². The fraction of sp³-hybridized carbons (Fsp3) is 0.312. The molecule has 0 unspecified atom stereocenters. The van der Waals surface area contributed by atoms with Gasteiger partial charge in [0.15, 0.2) is 0 Å². The fourth-order valence-electron chi connectivity index (χ4n) is 1.77. The van der Waals surface area contributed by atoms with Crippen LogP contribution in [0.4, 0.5) is 4.39 Å². The number of hydrogen-bond donors (Lipinski definition) is 1. The van der Waals surface area contributed by atoms with Gasteiger partial charge < -0.3 is 10.1 Å². The minimum Gasteiger partial charge on any atom is -0.455 e. The zero-order valence-corrected chi connectivity index (χ0v) is 11.8. The van der Waals surface area contributed by atoms with Crippen molar-refractivity contribution in [3.05, 3.63) is 54.1 Å². The van der Waals surface area contributed by atoms with E-state index in [1.54, 1.807) is 24.5 Å². The molecule has 106 valence electrons. The summed E-state index contributed by atoms with van der Waals surface area (Å²) < 4.78 is 18.6. The second-order valence-electron chi connectivity index (χ2n) is 5.06. The molecule has 0 saturated heterocycles. The van der Waals surface area contributed by atoms with Gasteiger partial charge in [-0.2, -0.15) is 0 Å². The number of nitrogens with one attached hydrogen (secondary N) is 1. The lowest BCUT2D eigenvalue weighted by molar-refractivity contribution is 0.465. The van der Waals surface area contributed by atoms with Crippen molar-refractivity contribution in [3.63, 3.8) is 0 Å². The van der Waals surface area contributed by atoms with Gasteiger partial charge in [0.25, 0.3) is 0 Å². The maximum absolute atomic E-state index is 12.9. The van der Waals surface area contributed by atoms with Gasteiger partial charge in [-0.3, -0.25) is 4.98 Å². The van der Waals surface area contributed by atoms with Gasteiger partial charge in [0.2, 0.25) is 0 Å². The van der Waals surface area contributed by atoms with E-state index in [1.807, 2.05) is 6.07 Å². The van der Waals surface area contributed by atoms with Crippen LogP contribution in [0.3, 0.4) is 0 Å². The summed E-state index contributed by atoms with van der Waals surface area (Å²) in [6, 6.07) is 7.89. The minimum absolute atomic E-state index is 0.276. The number of hydrogen-bond acceptors (Lipinski definition) is 3. The van der Waals surface area contributed by atoms with Gasteiger partial charge in [0.1, 0.15) is 17.3 Å². The highest BCUT2D eigenvalue weighted by atomic mass is 19.1. The Bertz CT molecular complexity index is 540. The van der Waals surface area contributed by atoms with Crippen LogP contribution in [0.25, 0.3) is 0 Å². The fourth-order valence-corrected chi connectivity index (χ4v) is 1.77. The van der Waals surface area contributed by atoms with Crippen molar-refractivity contribution in [2.24, 2.45) is 5.92 Å². The lowest BCUT2D eigenvalue weighted by Crippen LogP contribution is -2.19. The molecule has 0 amide bonds. The zero-order chi connectivity index (χ0) is 14.4. The lowest BCUT2D eigenvalue weighted by Gasteiger charge is -2.12. The van der Waals surface area contributed by atoms with Gasteiger partial charge in [-0.1, -0.05) is 13.8 Å². The Morgan fingerprint density at radius 1 is 1.20 bits per heavy atom. The first kappa shape index (κ1) is 14.5. The van der Waals surface area contributed by atoms with Gasteiger partial charge in [0.05, 0.1) is 6.20 Å². The standard InChI is InChI=1S/C16H19FN2O/c1-12(2)9-19-10-13-7-8-18-11-16(13)20-15-5-3-14(17)4-6-15/h3-8,11-12,19H,9-10H2,1-2H3. The number of ether oxygens (including phenoxy) is 1. The van der Waals surface area contributed by atoms with Crippen molar-refractivity contribution in [1.82, 2.24) is 10.3 Å². The van der Waals surface area contributed by atoms with Crippen molar-refractivity contribution >= 4 is 0 Å². The van der Waals surface area contributed by atoms with E-state index in [2.05, 4.69) is 24.1 Å². The second kappa shape index (κ2) is 7.01. The maximum atomic E-state index is 12.9. The van der Waals surface area contributed by atoms with Crippen LogP contribution in [0.1, 0.15) is 19.4 Å². The van der Waals surface area contributed by atoms with Crippen molar-refractivity contribution in [2.45, 2.75) is 20.4 Å². The molecule has 0 bridgehead atoms. The first-order chi connectivity index (χ1) is 9.65. The average Bonchev–Trinajstić information content (AvgIpc) is 2.43. The topological polar surface area (TPSA) is 34.2 Å².